The van der Waals surface area contributed by atoms with Gasteiger partial charge in [0.15, 0.2) is 0 Å². The van der Waals surface area contributed by atoms with Gasteiger partial charge >= 0.3 is 0 Å². The summed E-state index contributed by atoms with van der Waals surface area (Å²) in [6.07, 6.45) is 9.02. The number of hydrogen-bond donors (Lipinski definition) is 0. The maximum Gasteiger partial charge on any atom is 0.214 e. The molecule has 26 heavy (non-hydrogen) atoms. The van der Waals surface area contributed by atoms with Gasteiger partial charge in [0.05, 0.1) is 5.75 Å². The topological polar surface area (TPSA) is 81.0 Å². The lowest BCUT2D eigenvalue weighted by atomic mass is 10.2. The van der Waals surface area contributed by atoms with Crippen molar-refractivity contribution in [2.24, 2.45) is 0 Å². The Morgan fingerprint density at radius 1 is 1.08 bits per heavy atom. The van der Waals surface area contributed by atoms with Gasteiger partial charge in [-0.25, -0.2) is 27.7 Å². The van der Waals surface area contributed by atoms with Crippen LogP contribution in [0.4, 0.5) is 0 Å². The Morgan fingerprint density at radius 2 is 1.88 bits per heavy atom. The van der Waals surface area contributed by atoms with Crippen molar-refractivity contribution in [2.45, 2.75) is 52.9 Å². The molecule has 144 valence electrons. The Kier molecular flexibility index (Phi) is 7.71. The highest BCUT2D eigenvalue weighted by molar-refractivity contribution is 7.89. The number of nitrogens with zero attached hydrogens (tertiary/aromatic N) is 5. The molecule has 7 nitrogen and oxygen atoms in total. The summed E-state index contributed by atoms with van der Waals surface area (Å²) in [6, 6.07) is 1.93. The number of hydrogen-bond acceptors (Lipinski definition) is 5. The van der Waals surface area contributed by atoms with Crippen LogP contribution in [0.2, 0.25) is 0 Å². The summed E-state index contributed by atoms with van der Waals surface area (Å²) in [4.78, 5) is 12.8. The summed E-state index contributed by atoms with van der Waals surface area (Å²) in [7, 11) is -3.16. The molecule has 2 rings (SSSR count). The Labute approximate surface area is 156 Å². The smallest absolute Gasteiger partial charge is 0.214 e. The Hall–Kier alpha value is -1.80. The SMILES string of the molecule is CCCCS(=O)(=O)N(CCC)CCCc1cc(-n2ccnc2C)ncn1. The molecule has 0 aliphatic carbocycles. The normalized spacial score (nSPS) is 12.0. The molecular weight excluding hydrogens is 350 g/mol. The molecule has 0 saturated heterocycles. The molecule has 0 atom stereocenters. The van der Waals surface area contributed by atoms with Crippen molar-refractivity contribution in [1.82, 2.24) is 23.8 Å². The van der Waals surface area contributed by atoms with E-state index in [-0.39, 0.29) is 5.75 Å². The molecular formula is C18H29N5O2S. The van der Waals surface area contributed by atoms with E-state index in [1.807, 2.05) is 37.6 Å². The minimum Gasteiger partial charge on any atom is -0.288 e. The van der Waals surface area contributed by atoms with E-state index in [0.717, 1.165) is 36.6 Å². The second kappa shape index (κ2) is 9.78. The van der Waals surface area contributed by atoms with Crippen molar-refractivity contribution in [2.75, 3.05) is 18.8 Å². The summed E-state index contributed by atoms with van der Waals surface area (Å²) in [6.45, 7) is 7.05. The molecule has 0 aromatic carbocycles. The fraction of sp³-hybridized carbons (Fsp3) is 0.611. The molecule has 0 bridgehead atoms. The van der Waals surface area contributed by atoms with Crippen LogP contribution in [0.15, 0.2) is 24.8 Å². The average Bonchev–Trinajstić information content (AvgIpc) is 3.05. The van der Waals surface area contributed by atoms with Crippen LogP contribution in [-0.2, 0) is 16.4 Å². The maximum absolute atomic E-state index is 12.5. The predicted molar refractivity (Wildman–Crippen MR) is 103 cm³/mol. The van der Waals surface area contributed by atoms with Crippen LogP contribution in [0.5, 0.6) is 0 Å². The molecule has 8 heteroatoms. The Balaban J connectivity index is 1.98. The zero-order valence-electron chi connectivity index (χ0n) is 15.9. The van der Waals surface area contributed by atoms with Gasteiger partial charge in [-0.15, -0.1) is 0 Å². The number of sulfonamides is 1. The van der Waals surface area contributed by atoms with Gasteiger partial charge in [-0.3, -0.25) is 4.57 Å². The largest absolute Gasteiger partial charge is 0.288 e. The van der Waals surface area contributed by atoms with Crippen LogP contribution in [-0.4, -0.2) is 51.1 Å². The first-order chi connectivity index (χ1) is 12.5. The summed E-state index contributed by atoms with van der Waals surface area (Å²) in [5.74, 6) is 1.89. The fourth-order valence-electron chi connectivity index (χ4n) is 2.81. The van der Waals surface area contributed by atoms with Gasteiger partial charge in [0.2, 0.25) is 10.0 Å². The molecule has 0 aliphatic rings. The molecule has 2 heterocycles. The fourth-order valence-corrected chi connectivity index (χ4v) is 4.59. The van der Waals surface area contributed by atoms with Crippen molar-refractivity contribution in [3.05, 3.63) is 36.3 Å². The van der Waals surface area contributed by atoms with Gasteiger partial charge in [-0.1, -0.05) is 20.3 Å². The molecule has 2 aromatic heterocycles. The first-order valence-electron chi connectivity index (χ1n) is 9.27. The summed E-state index contributed by atoms with van der Waals surface area (Å²) in [5.41, 5.74) is 0.908. The summed E-state index contributed by atoms with van der Waals surface area (Å²) in [5, 5.41) is 0. The van der Waals surface area contributed by atoms with Crippen molar-refractivity contribution >= 4 is 10.0 Å². The monoisotopic (exact) mass is 379 g/mol. The average molecular weight is 380 g/mol. The van der Waals surface area contributed by atoms with Gasteiger partial charge in [0.25, 0.3) is 0 Å². The minimum absolute atomic E-state index is 0.237. The third kappa shape index (κ3) is 5.60. The Morgan fingerprint density at radius 3 is 2.54 bits per heavy atom. The van der Waals surface area contributed by atoms with Gasteiger partial charge in [0, 0.05) is 37.2 Å². The molecule has 0 unspecified atom stereocenters. The van der Waals surface area contributed by atoms with E-state index in [1.54, 1.807) is 16.8 Å². The van der Waals surface area contributed by atoms with E-state index in [4.69, 9.17) is 0 Å². The van der Waals surface area contributed by atoms with E-state index in [9.17, 15) is 8.42 Å². The number of aromatic nitrogens is 4. The minimum atomic E-state index is -3.16. The molecule has 2 aromatic rings. The van der Waals surface area contributed by atoms with Crippen LogP contribution < -0.4 is 0 Å². The van der Waals surface area contributed by atoms with Crippen LogP contribution in [0.3, 0.4) is 0 Å². The van der Waals surface area contributed by atoms with E-state index < -0.39 is 10.0 Å². The first kappa shape index (κ1) is 20.5. The van der Waals surface area contributed by atoms with Gasteiger partial charge in [-0.05, 0) is 32.6 Å². The molecule has 0 saturated carbocycles. The zero-order chi connectivity index (χ0) is 19.0. The highest BCUT2D eigenvalue weighted by Crippen LogP contribution is 2.11. The van der Waals surface area contributed by atoms with Crippen LogP contribution in [0.1, 0.15) is 51.0 Å². The maximum atomic E-state index is 12.5. The number of rotatable bonds is 11. The van der Waals surface area contributed by atoms with Crippen molar-refractivity contribution < 1.29 is 8.42 Å². The second-order valence-electron chi connectivity index (χ2n) is 6.38. The zero-order valence-corrected chi connectivity index (χ0v) is 16.7. The summed E-state index contributed by atoms with van der Waals surface area (Å²) >= 11 is 0. The van der Waals surface area contributed by atoms with Crippen LogP contribution >= 0.6 is 0 Å². The molecule has 0 N–H and O–H groups in total. The van der Waals surface area contributed by atoms with E-state index in [2.05, 4.69) is 15.0 Å². The molecule has 0 fully saturated rings. The number of aryl methyl sites for hydroxylation is 2. The Bertz CT molecular complexity index is 788. The van der Waals surface area contributed by atoms with Gasteiger partial charge in [0.1, 0.15) is 18.0 Å². The standard InChI is InChI=1S/C18H29N5O2S/c1-4-6-13-26(24,25)22(10-5-2)11-7-8-17-14-18(21-15-20-17)23-12-9-19-16(23)3/h9,12,14-15H,4-8,10-11,13H2,1-3H3. The van der Waals surface area contributed by atoms with Crippen LogP contribution in [0, 0.1) is 6.92 Å². The first-order valence-corrected chi connectivity index (χ1v) is 10.9. The third-order valence-electron chi connectivity index (χ3n) is 4.24. The molecule has 0 aliphatic heterocycles. The quantitative estimate of drug-likeness (QED) is 0.600. The third-order valence-corrected chi connectivity index (χ3v) is 6.20. The highest BCUT2D eigenvalue weighted by Gasteiger charge is 2.20. The van der Waals surface area contributed by atoms with E-state index in [1.165, 1.54) is 0 Å². The number of unbranched alkanes of at least 4 members (excludes halogenated alkanes) is 1. The second-order valence-corrected chi connectivity index (χ2v) is 8.47. The summed E-state index contributed by atoms with van der Waals surface area (Å²) < 4.78 is 28.5. The predicted octanol–water partition coefficient (Wildman–Crippen LogP) is 2.75. The van der Waals surface area contributed by atoms with Gasteiger partial charge in [-0.2, -0.15) is 0 Å². The molecule has 0 radical (unpaired) electrons. The van der Waals surface area contributed by atoms with Gasteiger partial charge < -0.3 is 0 Å². The lowest BCUT2D eigenvalue weighted by Crippen LogP contribution is -2.34. The number of imidazole rings is 1. The van der Waals surface area contributed by atoms with Crippen molar-refractivity contribution in [3.63, 3.8) is 0 Å². The molecule has 0 spiro atoms. The van der Waals surface area contributed by atoms with E-state index in [0.29, 0.717) is 25.9 Å². The lowest BCUT2D eigenvalue weighted by Gasteiger charge is -2.21. The van der Waals surface area contributed by atoms with Crippen LogP contribution in [0.25, 0.3) is 5.82 Å². The van der Waals surface area contributed by atoms with Crippen molar-refractivity contribution in [1.29, 1.82) is 0 Å². The van der Waals surface area contributed by atoms with Crippen molar-refractivity contribution in [3.8, 4) is 5.82 Å². The van der Waals surface area contributed by atoms with E-state index >= 15 is 0 Å². The highest BCUT2D eigenvalue weighted by atomic mass is 32.2. The lowest BCUT2D eigenvalue weighted by molar-refractivity contribution is 0.402. The molecule has 0 amide bonds.